The monoisotopic (exact) mass is 364 g/mol. The average molecular weight is 364 g/mol. The molecule has 0 radical (unpaired) electrons. The lowest BCUT2D eigenvalue weighted by Crippen LogP contribution is -2.38. The minimum Gasteiger partial charge on any atom is -0.356 e. The molecule has 0 aromatic heterocycles. The van der Waals surface area contributed by atoms with Crippen molar-refractivity contribution < 1.29 is 9.59 Å². The maximum absolute atomic E-state index is 12.4. The molecular weight excluding hydrogens is 336 g/mol. The van der Waals surface area contributed by atoms with Crippen LogP contribution in [0.15, 0.2) is 60.7 Å². The van der Waals surface area contributed by atoms with E-state index in [-0.39, 0.29) is 29.7 Å². The SMILES string of the molecule is CC(NC(=O)CCCNC(=O)C1CC1)C(c1ccccc1)c1ccccc1. The highest BCUT2D eigenvalue weighted by molar-refractivity contribution is 5.81. The quantitative estimate of drug-likeness (QED) is 0.668. The first-order chi connectivity index (χ1) is 13.1. The van der Waals surface area contributed by atoms with Crippen LogP contribution >= 0.6 is 0 Å². The van der Waals surface area contributed by atoms with Gasteiger partial charge in [0.2, 0.25) is 11.8 Å². The van der Waals surface area contributed by atoms with Crippen LogP contribution in [0.1, 0.15) is 49.7 Å². The van der Waals surface area contributed by atoms with Crippen molar-refractivity contribution in [2.45, 2.75) is 44.6 Å². The van der Waals surface area contributed by atoms with Crippen LogP contribution in [0.3, 0.4) is 0 Å². The van der Waals surface area contributed by atoms with Crippen molar-refractivity contribution in [2.24, 2.45) is 5.92 Å². The Bertz CT molecular complexity index is 702. The molecule has 1 saturated carbocycles. The number of amides is 2. The summed E-state index contributed by atoms with van der Waals surface area (Å²) in [6, 6.07) is 20.5. The first-order valence-electron chi connectivity index (χ1n) is 9.82. The summed E-state index contributed by atoms with van der Waals surface area (Å²) in [7, 11) is 0. The van der Waals surface area contributed by atoms with E-state index in [0.29, 0.717) is 19.4 Å². The summed E-state index contributed by atoms with van der Waals surface area (Å²) in [6.07, 6.45) is 3.10. The Hall–Kier alpha value is -2.62. The average Bonchev–Trinajstić information content (AvgIpc) is 3.52. The first-order valence-corrected chi connectivity index (χ1v) is 9.82. The lowest BCUT2D eigenvalue weighted by molar-refractivity contribution is -0.123. The Kier molecular flexibility index (Phi) is 6.64. The van der Waals surface area contributed by atoms with Crippen molar-refractivity contribution in [1.29, 1.82) is 0 Å². The number of hydrogen-bond acceptors (Lipinski definition) is 2. The first kappa shape index (κ1) is 19.2. The van der Waals surface area contributed by atoms with E-state index in [2.05, 4.69) is 41.8 Å². The molecule has 1 fully saturated rings. The fourth-order valence-corrected chi connectivity index (χ4v) is 3.45. The van der Waals surface area contributed by atoms with Gasteiger partial charge in [-0.2, -0.15) is 0 Å². The van der Waals surface area contributed by atoms with E-state index >= 15 is 0 Å². The van der Waals surface area contributed by atoms with Gasteiger partial charge < -0.3 is 10.6 Å². The second-order valence-electron chi connectivity index (χ2n) is 7.32. The summed E-state index contributed by atoms with van der Waals surface area (Å²) >= 11 is 0. The molecule has 0 spiro atoms. The van der Waals surface area contributed by atoms with Crippen molar-refractivity contribution in [1.82, 2.24) is 10.6 Å². The van der Waals surface area contributed by atoms with Gasteiger partial charge in [0.05, 0.1) is 0 Å². The van der Waals surface area contributed by atoms with Gasteiger partial charge in [0.15, 0.2) is 0 Å². The Morgan fingerprint density at radius 1 is 0.963 bits per heavy atom. The molecule has 0 heterocycles. The second kappa shape index (κ2) is 9.36. The molecule has 1 aliphatic carbocycles. The Labute approximate surface area is 161 Å². The highest BCUT2D eigenvalue weighted by atomic mass is 16.2. The molecule has 0 bridgehead atoms. The van der Waals surface area contributed by atoms with Crippen LogP contribution in [0.5, 0.6) is 0 Å². The van der Waals surface area contributed by atoms with E-state index in [9.17, 15) is 9.59 Å². The van der Waals surface area contributed by atoms with Gasteiger partial charge >= 0.3 is 0 Å². The molecule has 4 nitrogen and oxygen atoms in total. The minimum atomic E-state index is -0.0247. The van der Waals surface area contributed by atoms with E-state index in [4.69, 9.17) is 0 Å². The summed E-state index contributed by atoms with van der Waals surface area (Å²) in [5.41, 5.74) is 2.38. The molecule has 3 rings (SSSR count). The van der Waals surface area contributed by atoms with Gasteiger partial charge in [0.1, 0.15) is 0 Å². The summed E-state index contributed by atoms with van der Waals surface area (Å²) in [6.45, 7) is 2.62. The molecule has 2 amide bonds. The fourth-order valence-electron chi connectivity index (χ4n) is 3.45. The normalized spacial score (nSPS) is 14.6. The van der Waals surface area contributed by atoms with Gasteiger partial charge in [-0.05, 0) is 37.3 Å². The smallest absolute Gasteiger partial charge is 0.223 e. The predicted octanol–water partition coefficient (Wildman–Crippen LogP) is 3.63. The van der Waals surface area contributed by atoms with Crippen molar-refractivity contribution in [3.05, 3.63) is 71.8 Å². The maximum atomic E-state index is 12.4. The lowest BCUT2D eigenvalue weighted by Gasteiger charge is -2.26. The number of hydrogen-bond donors (Lipinski definition) is 2. The second-order valence-corrected chi connectivity index (χ2v) is 7.32. The van der Waals surface area contributed by atoms with Crippen LogP contribution in [0.4, 0.5) is 0 Å². The van der Waals surface area contributed by atoms with Crippen LogP contribution in [0.2, 0.25) is 0 Å². The van der Waals surface area contributed by atoms with E-state index in [0.717, 1.165) is 12.8 Å². The third kappa shape index (κ3) is 5.68. The van der Waals surface area contributed by atoms with E-state index in [1.165, 1.54) is 11.1 Å². The van der Waals surface area contributed by atoms with E-state index in [1.54, 1.807) is 0 Å². The highest BCUT2D eigenvalue weighted by Crippen LogP contribution is 2.29. The zero-order valence-electron chi connectivity index (χ0n) is 15.9. The molecule has 2 aromatic rings. The molecule has 0 aliphatic heterocycles. The largest absolute Gasteiger partial charge is 0.356 e. The van der Waals surface area contributed by atoms with Gasteiger partial charge in [-0.15, -0.1) is 0 Å². The topological polar surface area (TPSA) is 58.2 Å². The van der Waals surface area contributed by atoms with Crippen molar-refractivity contribution >= 4 is 11.8 Å². The molecular formula is C23H28N2O2. The molecule has 0 saturated heterocycles. The number of carbonyl (C=O) groups is 2. The van der Waals surface area contributed by atoms with Gasteiger partial charge in [-0.25, -0.2) is 0 Å². The number of benzene rings is 2. The zero-order valence-corrected chi connectivity index (χ0v) is 15.9. The van der Waals surface area contributed by atoms with Gasteiger partial charge in [0.25, 0.3) is 0 Å². The van der Waals surface area contributed by atoms with Gasteiger partial charge in [-0.3, -0.25) is 9.59 Å². The van der Waals surface area contributed by atoms with Crippen LogP contribution in [0, 0.1) is 5.92 Å². The summed E-state index contributed by atoms with van der Waals surface area (Å²) < 4.78 is 0. The predicted molar refractivity (Wildman–Crippen MR) is 107 cm³/mol. The Morgan fingerprint density at radius 3 is 2.04 bits per heavy atom. The molecule has 2 N–H and O–H groups in total. The van der Waals surface area contributed by atoms with Crippen LogP contribution < -0.4 is 10.6 Å². The molecule has 2 aromatic carbocycles. The Morgan fingerprint density at radius 2 is 1.52 bits per heavy atom. The fraction of sp³-hybridized carbons (Fsp3) is 0.391. The number of nitrogens with one attached hydrogen (secondary N) is 2. The molecule has 1 aliphatic rings. The molecule has 142 valence electrons. The molecule has 4 heteroatoms. The van der Waals surface area contributed by atoms with Crippen molar-refractivity contribution in [3.63, 3.8) is 0 Å². The van der Waals surface area contributed by atoms with E-state index < -0.39 is 0 Å². The molecule has 1 unspecified atom stereocenters. The molecule has 27 heavy (non-hydrogen) atoms. The summed E-state index contributed by atoms with van der Waals surface area (Å²) in [4.78, 5) is 24.0. The third-order valence-electron chi connectivity index (χ3n) is 5.03. The van der Waals surface area contributed by atoms with Crippen LogP contribution in [0.25, 0.3) is 0 Å². The summed E-state index contributed by atoms with van der Waals surface area (Å²) in [5.74, 6) is 0.485. The highest BCUT2D eigenvalue weighted by Gasteiger charge is 2.29. The van der Waals surface area contributed by atoms with E-state index in [1.807, 2.05) is 36.4 Å². The van der Waals surface area contributed by atoms with Crippen LogP contribution in [-0.4, -0.2) is 24.4 Å². The Balaban J connectivity index is 1.55. The van der Waals surface area contributed by atoms with Crippen molar-refractivity contribution in [3.8, 4) is 0 Å². The maximum Gasteiger partial charge on any atom is 0.223 e. The lowest BCUT2D eigenvalue weighted by atomic mass is 9.86. The van der Waals surface area contributed by atoms with Gasteiger partial charge in [-0.1, -0.05) is 60.7 Å². The standard InChI is InChI=1S/C23H28N2O2/c1-17(25-21(26)13-8-16-24-23(27)20-14-15-20)22(18-9-4-2-5-10-18)19-11-6-3-7-12-19/h2-7,9-12,17,20,22H,8,13-16H2,1H3,(H,24,27)(H,25,26). The summed E-state index contributed by atoms with van der Waals surface area (Å²) in [5, 5.41) is 6.06. The van der Waals surface area contributed by atoms with Crippen LogP contribution in [-0.2, 0) is 9.59 Å². The molecule has 1 atom stereocenters. The number of rotatable bonds is 9. The number of carbonyl (C=O) groups excluding carboxylic acids is 2. The third-order valence-corrected chi connectivity index (χ3v) is 5.03. The zero-order chi connectivity index (χ0) is 19.1. The van der Waals surface area contributed by atoms with Crippen molar-refractivity contribution in [2.75, 3.05) is 6.54 Å². The van der Waals surface area contributed by atoms with Gasteiger partial charge in [0, 0.05) is 30.8 Å². The minimum absolute atomic E-state index is 0.0247.